The maximum absolute atomic E-state index is 12.0. The lowest BCUT2D eigenvalue weighted by molar-refractivity contribution is -0.146. The van der Waals surface area contributed by atoms with Crippen molar-refractivity contribution in [1.82, 2.24) is 9.71 Å². The predicted octanol–water partition coefficient (Wildman–Crippen LogP) is 0.258. The van der Waals surface area contributed by atoms with Gasteiger partial charge in [-0.3, -0.25) is 9.59 Å². The van der Waals surface area contributed by atoms with Crippen LogP contribution in [0, 0.1) is 0 Å². The van der Waals surface area contributed by atoms with Gasteiger partial charge in [0.05, 0.1) is 12.0 Å². The van der Waals surface area contributed by atoms with Gasteiger partial charge >= 0.3 is 5.97 Å². The Morgan fingerprint density at radius 2 is 2.05 bits per heavy atom. The number of carbonyl (C=O) groups is 1. The number of hydrogen-bond acceptors (Lipinski definition) is 5. The number of aromatic nitrogens is 1. The van der Waals surface area contributed by atoms with E-state index in [1.165, 1.54) is 13.8 Å². The van der Waals surface area contributed by atoms with Gasteiger partial charge < -0.3 is 9.72 Å². The van der Waals surface area contributed by atoms with E-state index in [0.717, 1.165) is 19.4 Å². The summed E-state index contributed by atoms with van der Waals surface area (Å²) in [5.74, 6) is -0.744. The van der Waals surface area contributed by atoms with Crippen molar-refractivity contribution in [3.8, 4) is 0 Å². The molecule has 1 aromatic rings. The Morgan fingerprint density at radius 1 is 1.47 bits per heavy atom. The lowest BCUT2D eigenvalue weighted by Gasteiger charge is -2.22. The highest BCUT2D eigenvalue weighted by Crippen LogP contribution is 2.15. The van der Waals surface area contributed by atoms with Gasteiger partial charge in [-0.2, -0.15) is 4.72 Å². The summed E-state index contributed by atoms with van der Waals surface area (Å²) in [6.45, 7) is 2.70. The third-order valence-electron chi connectivity index (χ3n) is 2.23. The molecule has 0 aromatic carbocycles. The van der Waals surface area contributed by atoms with Crippen molar-refractivity contribution in [2.75, 3.05) is 7.11 Å². The molecule has 0 spiro atoms. The van der Waals surface area contributed by atoms with Gasteiger partial charge in [-0.15, -0.1) is 0 Å². The summed E-state index contributed by atoms with van der Waals surface area (Å²) in [7, 11) is -2.87. The maximum Gasteiger partial charge on any atom is 0.326 e. The van der Waals surface area contributed by atoms with E-state index in [-0.39, 0.29) is 9.92 Å². The molecule has 1 aromatic heterocycles. The van der Waals surface area contributed by atoms with Crippen LogP contribution in [0.4, 0.5) is 0 Å². The Labute approximate surface area is 115 Å². The number of halogens is 1. The van der Waals surface area contributed by atoms with Gasteiger partial charge in [0.25, 0.3) is 5.56 Å². The fourth-order valence-electron chi connectivity index (χ4n) is 1.28. The van der Waals surface area contributed by atoms with E-state index >= 15 is 0 Å². The monoisotopic (exact) mass is 308 g/mol. The molecule has 0 atom stereocenters. The van der Waals surface area contributed by atoms with Gasteiger partial charge in [0, 0.05) is 6.20 Å². The molecule has 0 radical (unpaired) electrons. The third-order valence-corrected chi connectivity index (χ3v) is 4.14. The second-order valence-electron chi connectivity index (χ2n) is 4.23. The molecule has 1 heterocycles. The van der Waals surface area contributed by atoms with Crippen molar-refractivity contribution in [1.29, 1.82) is 0 Å². The summed E-state index contributed by atoms with van der Waals surface area (Å²) >= 11 is 5.55. The molecule has 0 bridgehead atoms. The molecule has 19 heavy (non-hydrogen) atoms. The minimum absolute atomic E-state index is 0.255. The molecule has 2 N–H and O–H groups in total. The number of ether oxygens (including phenoxy) is 1. The second-order valence-corrected chi connectivity index (χ2v) is 6.32. The molecule has 0 aliphatic rings. The Morgan fingerprint density at radius 3 is 2.53 bits per heavy atom. The zero-order chi connectivity index (χ0) is 14.8. The van der Waals surface area contributed by atoms with E-state index in [9.17, 15) is 18.0 Å². The molecule has 1 rings (SSSR count). The molecule has 0 aliphatic heterocycles. The number of rotatable bonds is 4. The zero-order valence-electron chi connectivity index (χ0n) is 10.5. The largest absolute Gasteiger partial charge is 0.468 e. The molecule has 106 valence electrons. The van der Waals surface area contributed by atoms with Crippen LogP contribution in [0.2, 0.25) is 5.02 Å². The van der Waals surface area contributed by atoms with Crippen LogP contribution in [0.1, 0.15) is 13.8 Å². The Hall–Kier alpha value is -1.38. The predicted molar refractivity (Wildman–Crippen MR) is 68.5 cm³/mol. The van der Waals surface area contributed by atoms with Crippen molar-refractivity contribution in [3.63, 3.8) is 0 Å². The summed E-state index contributed by atoms with van der Waals surface area (Å²) in [6.07, 6.45) is 0.990. The van der Waals surface area contributed by atoms with Crippen molar-refractivity contribution in [2.45, 2.75) is 24.3 Å². The van der Waals surface area contributed by atoms with Gasteiger partial charge in [-0.05, 0) is 19.9 Å². The quantitative estimate of drug-likeness (QED) is 0.776. The molecule has 0 saturated carbocycles. The molecular formula is C10H13ClN2O5S. The summed E-state index contributed by atoms with van der Waals surface area (Å²) < 4.78 is 30.7. The van der Waals surface area contributed by atoms with Gasteiger partial charge in [-0.1, -0.05) is 11.6 Å². The average Bonchev–Trinajstić information content (AvgIpc) is 2.30. The number of hydrogen-bond donors (Lipinski definition) is 2. The number of nitrogens with one attached hydrogen (secondary N) is 2. The first-order valence-corrected chi connectivity index (χ1v) is 6.97. The van der Waals surface area contributed by atoms with E-state index < -0.39 is 27.1 Å². The van der Waals surface area contributed by atoms with Crippen molar-refractivity contribution in [2.24, 2.45) is 0 Å². The number of esters is 1. The van der Waals surface area contributed by atoms with Crippen LogP contribution < -0.4 is 10.3 Å². The zero-order valence-corrected chi connectivity index (χ0v) is 12.1. The standard InChI is InChI=1S/C10H13ClN2O5S/c1-10(2,9(15)18-3)13-19(16,17)6-4-7(11)8(14)12-5-6/h4-5,13H,1-3H3,(H,12,14). The molecular weight excluding hydrogens is 296 g/mol. The molecule has 0 aliphatic carbocycles. The normalized spacial score (nSPS) is 12.2. The lowest BCUT2D eigenvalue weighted by atomic mass is 10.1. The van der Waals surface area contributed by atoms with Gasteiger partial charge in [0.15, 0.2) is 0 Å². The molecule has 7 nitrogen and oxygen atoms in total. The van der Waals surface area contributed by atoms with Crippen LogP contribution in [0.15, 0.2) is 22.0 Å². The first kappa shape index (κ1) is 15.7. The number of methoxy groups -OCH3 is 1. The molecule has 0 amide bonds. The minimum Gasteiger partial charge on any atom is -0.468 e. The number of H-pyrrole nitrogens is 1. The fourth-order valence-corrected chi connectivity index (χ4v) is 2.88. The number of sulfonamides is 1. The van der Waals surface area contributed by atoms with Crippen LogP contribution in [0.3, 0.4) is 0 Å². The smallest absolute Gasteiger partial charge is 0.326 e. The molecule has 0 fully saturated rings. The minimum atomic E-state index is -4.02. The van der Waals surface area contributed by atoms with Gasteiger partial charge in [0.2, 0.25) is 10.0 Å². The highest BCUT2D eigenvalue weighted by Gasteiger charge is 2.34. The number of pyridine rings is 1. The van der Waals surface area contributed by atoms with Gasteiger partial charge in [-0.25, -0.2) is 8.42 Å². The van der Waals surface area contributed by atoms with E-state index in [1.807, 2.05) is 0 Å². The summed E-state index contributed by atoms with van der Waals surface area (Å²) in [6, 6.07) is 0.996. The summed E-state index contributed by atoms with van der Waals surface area (Å²) in [4.78, 5) is 24.4. The average molecular weight is 309 g/mol. The van der Waals surface area contributed by atoms with E-state index in [4.69, 9.17) is 11.6 Å². The molecule has 0 unspecified atom stereocenters. The number of aromatic amines is 1. The maximum atomic E-state index is 12.0. The third kappa shape index (κ3) is 3.55. The van der Waals surface area contributed by atoms with Crippen LogP contribution in [-0.4, -0.2) is 32.0 Å². The summed E-state index contributed by atoms with van der Waals surface area (Å²) in [5, 5.41) is -0.265. The number of carbonyl (C=O) groups excluding carboxylic acids is 1. The van der Waals surface area contributed by atoms with Crippen LogP contribution in [0.5, 0.6) is 0 Å². The Kier molecular flexibility index (Phi) is 4.39. The second kappa shape index (κ2) is 5.32. The lowest BCUT2D eigenvalue weighted by Crippen LogP contribution is -2.50. The Balaban J connectivity index is 3.15. The van der Waals surface area contributed by atoms with Crippen LogP contribution >= 0.6 is 11.6 Å². The van der Waals surface area contributed by atoms with Crippen LogP contribution in [-0.2, 0) is 19.6 Å². The van der Waals surface area contributed by atoms with E-state index in [0.29, 0.717) is 0 Å². The van der Waals surface area contributed by atoms with E-state index in [1.54, 1.807) is 0 Å². The van der Waals surface area contributed by atoms with Crippen molar-refractivity contribution < 1.29 is 17.9 Å². The van der Waals surface area contributed by atoms with Crippen molar-refractivity contribution >= 4 is 27.6 Å². The first-order valence-electron chi connectivity index (χ1n) is 5.11. The molecule has 9 heteroatoms. The Bertz CT molecular complexity index is 650. The molecule has 0 saturated heterocycles. The van der Waals surface area contributed by atoms with Gasteiger partial charge in [0.1, 0.15) is 10.6 Å². The topological polar surface area (TPSA) is 105 Å². The first-order chi connectivity index (χ1) is 8.60. The van der Waals surface area contributed by atoms with Crippen molar-refractivity contribution in [3.05, 3.63) is 27.6 Å². The highest BCUT2D eigenvalue weighted by molar-refractivity contribution is 7.89. The van der Waals surface area contributed by atoms with E-state index in [2.05, 4.69) is 14.4 Å². The fraction of sp³-hybridized carbons (Fsp3) is 0.400. The van der Waals surface area contributed by atoms with Crippen LogP contribution in [0.25, 0.3) is 0 Å². The summed E-state index contributed by atoms with van der Waals surface area (Å²) in [5.41, 5.74) is -2.05. The highest BCUT2D eigenvalue weighted by atomic mass is 35.5. The SMILES string of the molecule is COC(=O)C(C)(C)NS(=O)(=O)c1c[nH]c(=O)c(Cl)c1.